The number of likely N-dealkylation sites (N-methyl/N-ethyl adjacent to an activating group) is 2. The lowest BCUT2D eigenvalue weighted by Crippen LogP contribution is -2.41. The quantitative estimate of drug-likeness (QED) is 0.736. The standard InChI is InChI=1S/C22H31N3O2/c1-4-25(5-2)20(21-11-8-14-27-21)15-23-22(26)16-24(3)19-13-12-17-9-6-7-10-18(17)19/h6-11,14,19-20H,4-5,12-13,15-16H2,1-3H3,(H,23,26)/t19-,20+/m1/s1. The number of nitrogens with one attached hydrogen (secondary N) is 1. The van der Waals surface area contributed by atoms with Crippen molar-refractivity contribution in [3.8, 4) is 0 Å². The highest BCUT2D eigenvalue weighted by molar-refractivity contribution is 5.78. The Bertz CT molecular complexity index is 725. The van der Waals surface area contributed by atoms with Crippen LogP contribution < -0.4 is 5.32 Å². The van der Waals surface area contributed by atoms with Crippen molar-refractivity contribution in [1.29, 1.82) is 0 Å². The Labute approximate surface area is 162 Å². The van der Waals surface area contributed by atoms with E-state index in [9.17, 15) is 4.79 Å². The summed E-state index contributed by atoms with van der Waals surface area (Å²) < 4.78 is 5.61. The number of furan rings is 1. The molecule has 2 aromatic rings. The number of amides is 1. The highest BCUT2D eigenvalue weighted by atomic mass is 16.3. The maximum absolute atomic E-state index is 12.6. The molecule has 1 aromatic heterocycles. The molecule has 27 heavy (non-hydrogen) atoms. The first kappa shape index (κ1) is 19.6. The first-order valence-corrected chi connectivity index (χ1v) is 9.96. The Balaban J connectivity index is 1.57. The van der Waals surface area contributed by atoms with Crippen molar-refractivity contribution < 1.29 is 9.21 Å². The van der Waals surface area contributed by atoms with Crippen LogP contribution in [0.3, 0.4) is 0 Å². The van der Waals surface area contributed by atoms with E-state index in [0.717, 1.165) is 31.7 Å². The lowest BCUT2D eigenvalue weighted by atomic mass is 10.1. The molecule has 0 radical (unpaired) electrons. The predicted molar refractivity (Wildman–Crippen MR) is 108 cm³/mol. The molecular formula is C22H31N3O2. The van der Waals surface area contributed by atoms with Crippen molar-refractivity contribution >= 4 is 5.91 Å². The van der Waals surface area contributed by atoms with Crippen molar-refractivity contribution in [2.45, 2.75) is 38.8 Å². The second kappa shape index (κ2) is 9.20. The van der Waals surface area contributed by atoms with Crippen LogP contribution in [-0.2, 0) is 11.2 Å². The van der Waals surface area contributed by atoms with E-state index in [1.54, 1.807) is 6.26 Å². The van der Waals surface area contributed by atoms with E-state index in [4.69, 9.17) is 4.42 Å². The summed E-state index contributed by atoms with van der Waals surface area (Å²) in [5.41, 5.74) is 2.78. The van der Waals surface area contributed by atoms with Crippen LogP contribution in [0.25, 0.3) is 0 Å². The minimum absolute atomic E-state index is 0.0607. The molecule has 0 bridgehead atoms. The number of rotatable bonds is 9. The number of nitrogens with zero attached hydrogens (tertiary/aromatic N) is 2. The maximum atomic E-state index is 12.6. The van der Waals surface area contributed by atoms with Gasteiger partial charge in [0, 0.05) is 12.6 Å². The average molecular weight is 370 g/mol. The van der Waals surface area contributed by atoms with Gasteiger partial charge in [0.1, 0.15) is 5.76 Å². The van der Waals surface area contributed by atoms with Crippen LogP contribution in [0.2, 0.25) is 0 Å². The van der Waals surface area contributed by atoms with Crippen LogP contribution in [0.4, 0.5) is 0 Å². The summed E-state index contributed by atoms with van der Waals surface area (Å²) in [7, 11) is 2.04. The van der Waals surface area contributed by atoms with E-state index >= 15 is 0 Å². The van der Waals surface area contributed by atoms with Gasteiger partial charge in [-0.3, -0.25) is 14.6 Å². The Morgan fingerprint density at radius 2 is 2.00 bits per heavy atom. The largest absolute Gasteiger partial charge is 0.468 e. The summed E-state index contributed by atoms with van der Waals surface area (Å²) in [4.78, 5) is 17.1. The molecule has 3 rings (SSSR count). The lowest BCUT2D eigenvalue weighted by Gasteiger charge is -2.29. The summed E-state index contributed by atoms with van der Waals surface area (Å²) in [5.74, 6) is 0.961. The van der Waals surface area contributed by atoms with Crippen LogP contribution in [0.5, 0.6) is 0 Å². The highest BCUT2D eigenvalue weighted by Gasteiger charge is 2.27. The zero-order valence-electron chi connectivity index (χ0n) is 16.6. The topological polar surface area (TPSA) is 48.7 Å². The van der Waals surface area contributed by atoms with Crippen LogP contribution in [0.15, 0.2) is 47.1 Å². The van der Waals surface area contributed by atoms with Crippen LogP contribution in [0.1, 0.15) is 49.2 Å². The summed E-state index contributed by atoms with van der Waals surface area (Å²) in [6.45, 7) is 7.05. The van der Waals surface area contributed by atoms with Gasteiger partial charge in [-0.1, -0.05) is 38.1 Å². The number of hydrogen-bond donors (Lipinski definition) is 1. The van der Waals surface area contributed by atoms with Gasteiger partial charge < -0.3 is 9.73 Å². The van der Waals surface area contributed by atoms with E-state index in [1.807, 2.05) is 19.2 Å². The molecule has 0 unspecified atom stereocenters. The second-order valence-corrected chi connectivity index (χ2v) is 7.22. The van der Waals surface area contributed by atoms with Crippen molar-refractivity contribution in [2.75, 3.05) is 33.2 Å². The summed E-state index contributed by atoms with van der Waals surface area (Å²) in [5, 5.41) is 3.12. The number of aryl methyl sites for hydroxylation is 1. The first-order chi connectivity index (χ1) is 13.1. The normalized spacial score (nSPS) is 17.3. The van der Waals surface area contributed by atoms with Gasteiger partial charge in [-0.05, 0) is 56.2 Å². The molecule has 0 saturated carbocycles. The smallest absolute Gasteiger partial charge is 0.234 e. The molecule has 1 aromatic carbocycles. The third-order valence-corrected chi connectivity index (χ3v) is 5.64. The molecule has 5 nitrogen and oxygen atoms in total. The maximum Gasteiger partial charge on any atom is 0.234 e. The van der Waals surface area contributed by atoms with Gasteiger partial charge in [0.15, 0.2) is 0 Å². The van der Waals surface area contributed by atoms with Crippen LogP contribution >= 0.6 is 0 Å². The van der Waals surface area contributed by atoms with Gasteiger partial charge in [-0.2, -0.15) is 0 Å². The lowest BCUT2D eigenvalue weighted by molar-refractivity contribution is -0.122. The van der Waals surface area contributed by atoms with Gasteiger partial charge in [0.2, 0.25) is 5.91 Å². The van der Waals surface area contributed by atoms with Gasteiger partial charge in [-0.25, -0.2) is 0 Å². The minimum Gasteiger partial charge on any atom is -0.468 e. The Hall–Kier alpha value is -2.11. The van der Waals surface area contributed by atoms with E-state index in [2.05, 4.69) is 53.2 Å². The van der Waals surface area contributed by atoms with Crippen LogP contribution in [0, 0.1) is 0 Å². The molecule has 0 fully saturated rings. The number of benzene rings is 1. The fourth-order valence-electron chi connectivity index (χ4n) is 4.15. The average Bonchev–Trinajstić information content (AvgIpc) is 3.34. The van der Waals surface area contributed by atoms with Crippen molar-refractivity contribution in [3.63, 3.8) is 0 Å². The molecule has 2 atom stereocenters. The monoisotopic (exact) mass is 369 g/mol. The highest BCUT2D eigenvalue weighted by Crippen LogP contribution is 2.34. The molecule has 0 saturated heterocycles. The fraction of sp³-hybridized carbons (Fsp3) is 0.500. The van der Waals surface area contributed by atoms with Crippen molar-refractivity contribution in [1.82, 2.24) is 15.1 Å². The summed E-state index contributed by atoms with van der Waals surface area (Å²) in [6.07, 6.45) is 3.87. The number of carbonyl (C=O) groups excluding carboxylic acids is 1. The molecular weight excluding hydrogens is 338 g/mol. The molecule has 0 spiro atoms. The molecule has 1 heterocycles. The van der Waals surface area contributed by atoms with E-state index in [1.165, 1.54) is 11.1 Å². The first-order valence-electron chi connectivity index (χ1n) is 9.96. The fourth-order valence-corrected chi connectivity index (χ4v) is 4.15. The third kappa shape index (κ3) is 4.60. The number of fused-ring (bicyclic) bond motifs is 1. The summed E-state index contributed by atoms with van der Waals surface area (Å²) in [6, 6.07) is 12.8. The van der Waals surface area contributed by atoms with Gasteiger partial charge in [0.25, 0.3) is 0 Å². The van der Waals surface area contributed by atoms with E-state index < -0.39 is 0 Å². The number of hydrogen-bond acceptors (Lipinski definition) is 4. The van der Waals surface area contributed by atoms with Gasteiger partial charge in [-0.15, -0.1) is 0 Å². The zero-order chi connectivity index (χ0) is 19.2. The Kier molecular flexibility index (Phi) is 6.69. The Morgan fingerprint density at radius 3 is 2.70 bits per heavy atom. The molecule has 1 N–H and O–H groups in total. The third-order valence-electron chi connectivity index (χ3n) is 5.64. The SMILES string of the molecule is CCN(CC)[C@@H](CNC(=O)CN(C)[C@@H]1CCc2ccccc21)c1ccco1. The van der Waals surface area contributed by atoms with E-state index in [-0.39, 0.29) is 11.9 Å². The van der Waals surface area contributed by atoms with E-state index in [0.29, 0.717) is 19.1 Å². The van der Waals surface area contributed by atoms with Crippen LogP contribution in [-0.4, -0.2) is 48.9 Å². The Morgan fingerprint density at radius 1 is 1.22 bits per heavy atom. The van der Waals surface area contributed by atoms with Gasteiger partial charge >= 0.3 is 0 Å². The molecule has 1 aliphatic carbocycles. The molecule has 1 aliphatic rings. The number of carbonyl (C=O) groups is 1. The molecule has 1 amide bonds. The van der Waals surface area contributed by atoms with Crippen molar-refractivity contribution in [3.05, 3.63) is 59.5 Å². The minimum atomic E-state index is 0.0607. The second-order valence-electron chi connectivity index (χ2n) is 7.22. The molecule has 146 valence electrons. The van der Waals surface area contributed by atoms with Crippen molar-refractivity contribution in [2.24, 2.45) is 0 Å². The summed E-state index contributed by atoms with van der Waals surface area (Å²) >= 11 is 0. The molecule has 0 aliphatic heterocycles. The zero-order valence-corrected chi connectivity index (χ0v) is 16.6. The molecule has 5 heteroatoms. The van der Waals surface area contributed by atoms with Gasteiger partial charge in [0.05, 0.1) is 18.8 Å². The predicted octanol–water partition coefficient (Wildman–Crippen LogP) is 3.40.